The van der Waals surface area contributed by atoms with Crippen LogP contribution in [-0.4, -0.2) is 25.9 Å². The summed E-state index contributed by atoms with van der Waals surface area (Å²) in [6.45, 7) is 2.96. The molecule has 0 radical (unpaired) electrons. The van der Waals surface area contributed by atoms with Crippen molar-refractivity contribution < 1.29 is 9.47 Å². The molecule has 0 aromatic carbocycles. The Hall–Kier alpha value is 0.230. The molecule has 1 unspecified atom stereocenters. The molecule has 4 heteroatoms. The van der Waals surface area contributed by atoms with Gasteiger partial charge in [-0.05, 0) is 25.8 Å². The van der Waals surface area contributed by atoms with Crippen molar-refractivity contribution in [2.24, 2.45) is 11.7 Å². The number of unbranched alkanes of at least 4 members (excludes halogenated alkanes) is 5. The van der Waals surface area contributed by atoms with Crippen LogP contribution in [0.5, 0.6) is 0 Å². The first-order chi connectivity index (χ1) is 9.14. The molecule has 0 heterocycles. The maximum absolute atomic E-state index is 5.61. The molecule has 0 aliphatic rings. The molecule has 1 atom stereocenters. The van der Waals surface area contributed by atoms with E-state index >= 15 is 0 Å². The zero-order chi connectivity index (χ0) is 14.6. The Labute approximate surface area is 125 Å². The van der Waals surface area contributed by atoms with E-state index in [9.17, 15) is 0 Å². The predicted octanol–water partition coefficient (Wildman–Crippen LogP) is 3.97. The van der Waals surface area contributed by atoms with Crippen LogP contribution in [0.3, 0.4) is 0 Å². The monoisotopic (exact) mass is 291 g/mol. The van der Waals surface area contributed by atoms with Gasteiger partial charge in [-0.2, -0.15) is 0 Å². The maximum Gasteiger partial charge on any atom is 0.217 e. The van der Waals surface area contributed by atoms with E-state index < -0.39 is 5.12 Å². The third-order valence-corrected chi connectivity index (χ3v) is 4.49. The lowest BCUT2D eigenvalue weighted by atomic mass is 9.94. The number of thiol groups is 1. The van der Waals surface area contributed by atoms with Crippen LogP contribution in [-0.2, 0) is 9.47 Å². The topological polar surface area (TPSA) is 44.5 Å². The van der Waals surface area contributed by atoms with Crippen LogP contribution in [0, 0.1) is 5.92 Å². The van der Waals surface area contributed by atoms with Crippen molar-refractivity contribution in [1.29, 1.82) is 0 Å². The Bertz CT molecular complexity index is 199. The van der Waals surface area contributed by atoms with E-state index in [1.807, 2.05) is 0 Å². The largest absolute Gasteiger partial charge is 0.345 e. The van der Waals surface area contributed by atoms with Crippen molar-refractivity contribution in [3.8, 4) is 0 Å². The van der Waals surface area contributed by atoms with Gasteiger partial charge in [0.15, 0.2) is 0 Å². The molecule has 19 heavy (non-hydrogen) atoms. The molecule has 0 aliphatic heterocycles. The standard InChI is InChI=1S/C15H33NO2S/c1-4-5-6-7-8-9-11-14(12-10-13-16)15(19,17-2)18-3/h14,19H,4-13,16H2,1-3H3. The molecule has 0 rings (SSSR count). The highest BCUT2D eigenvalue weighted by Crippen LogP contribution is 2.34. The van der Waals surface area contributed by atoms with E-state index in [-0.39, 0.29) is 0 Å². The van der Waals surface area contributed by atoms with Gasteiger partial charge in [-0.15, -0.1) is 12.6 Å². The number of nitrogens with two attached hydrogens (primary N) is 1. The zero-order valence-electron chi connectivity index (χ0n) is 13.0. The fraction of sp³-hybridized carbons (Fsp3) is 1.00. The van der Waals surface area contributed by atoms with E-state index in [1.54, 1.807) is 14.2 Å². The lowest BCUT2D eigenvalue weighted by Gasteiger charge is -2.34. The van der Waals surface area contributed by atoms with Crippen LogP contribution in [0.1, 0.15) is 64.7 Å². The van der Waals surface area contributed by atoms with Crippen LogP contribution in [0.25, 0.3) is 0 Å². The van der Waals surface area contributed by atoms with Gasteiger partial charge in [0.2, 0.25) is 5.12 Å². The molecular weight excluding hydrogens is 258 g/mol. The minimum absolute atomic E-state index is 0.306. The summed E-state index contributed by atoms with van der Waals surface area (Å²) in [5.74, 6) is 0.306. The molecule has 0 fully saturated rings. The number of rotatable bonds is 13. The maximum atomic E-state index is 5.61. The van der Waals surface area contributed by atoms with E-state index in [2.05, 4.69) is 19.6 Å². The average Bonchev–Trinajstić information content (AvgIpc) is 2.45. The first kappa shape index (κ1) is 19.2. The third kappa shape index (κ3) is 8.18. The van der Waals surface area contributed by atoms with Gasteiger partial charge in [0.05, 0.1) is 0 Å². The van der Waals surface area contributed by atoms with Gasteiger partial charge in [0.25, 0.3) is 0 Å². The first-order valence-corrected chi connectivity index (χ1v) is 8.12. The normalized spacial score (nSPS) is 13.7. The predicted molar refractivity (Wildman–Crippen MR) is 85.5 cm³/mol. The van der Waals surface area contributed by atoms with Gasteiger partial charge in [0, 0.05) is 20.1 Å². The van der Waals surface area contributed by atoms with Crippen molar-refractivity contribution in [3.05, 3.63) is 0 Å². The quantitative estimate of drug-likeness (QED) is 0.306. The van der Waals surface area contributed by atoms with E-state index in [0.717, 1.165) is 19.3 Å². The number of hydrogen-bond acceptors (Lipinski definition) is 4. The lowest BCUT2D eigenvalue weighted by molar-refractivity contribution is -0.170. The molecule has 0 bridgehead atoms. The zero-order valence-corrected chi connectivity index (χ0v) is 13.9. The van der Waals surface area contributed by atoms with Crippen LogP contribution < -0.4 is 5.73 Å². The Morgan fingerprint density at radius 1 is 0.947 bits per heavy atom. The summed E-state index contributed by atoms with van der Waals surface area (Å²) in [4.78, 5) is 0. The van der Waals surface area contributed by atoms with Gasteiger partial charge in [-0.1, -0.05) is 45.4 Å². The molecule has 116 valence electrons. The molecule has 0 saturated heterocycles. The SMILES string of the molecule is CCCCCCCCC(CCCN)C(S)(OC)OC. The fourth-order valence-corrected chi connectivity index (χ4v) is 2.72. The molecule has 0 aromatic heterocycles. The van der Waals surface area contributed by atoms with Crippen molar-refractivity contribution >= 4 is 12.6 Å². The molecule has 0 amide bonds. The van der Waals surface area contributed by atoms with Crippen molar-refractivity contribution in [2.45, 2.75) is 69.8 Å². The summed E-state index contributed by atoms with van der Waals surface area (Å²) in [6.07, 6.45) is 10.9. The van der Waals surface area contributed by atoms with Gasteiger partial charge in [-0.3, -0.25) is 0 Å². The first-order valence-electron chi connectivity index (χ1n) is 7.67. The lowest BCUT2D eigenvalue weighted by Crippen LogP contribution is -2.36. The van der Waals surface area contributed by atoms with E-state index in [0.29, 0.717) is 12.5 Å². The second kappa shape index (κ2) is 12.0. The minimum atomic E-state index is -0.765. The third-order valence-electron chi connectivity index (χ3n) is 3.76. The second-order valence-corrected chi connectivity index (χ2v) is 5.85. The highest BCUT2D eigenvalue weighted by atomic mass is 32.1. The Balaban J connectivity index is 4.05. The molecule has 0 aliphatic carbocycles. The molecule has 0 spiro atoms. The summed E-state index contributed by atoms with van der Waals surface area (Å²) >= 11 is 4.56. The van der Waals surface area contributed by atoms with Crippen LogP contribution in [0.2, 0.25) is 0 Å². The van der Waals surface area contributed by atoms with Crippen LogP contribution >= 0.6 is 12.6 Å². The Kier molecular flexibility index (Phi) is 12.2. The van der Waals surface area contributed by atoms with E-state index in [1.165, 1.54) is 38.5 Å². The summed E-state index contributed by atoms with van der Waals surface area (Å²) in [7, 11) is 3.32. The molecular formula is C15H33NO2S. The van der Waals surface area contributed by atoms with Gasteiger partial charge >= 0.3 is 0 Å². The smallest absolute Gasteiger partial charge is 0.217 e. The van der Waals surface area contributed by atoms with E-state index in [4.69, 9.17) is 15.2 Å². The van der Waals surface area contributed by atoms with Crippen molar-refractivity contribution in [3.63, 3.8) is 0 Å². The number of hydrogen-bond donors (Lipinski definition) is 2. The highest BCUT2D eigenvalue weighted by molar-refractivity contribution is 7.81. The molecule has 0 aromatic rings. The van der Waals surface area contributed by atoms with Crippen LogP contribution in [0.15, 0.2) is 0 Å². The van der Waals surface area contributed by atoms with Crippen molar-refractivity contribution in [2.75, 3.05) is 20.8 Å². The molecule has 3 nitrogen and oxygen atoms in total. The summed E-state index contributed by atoms with van der Waals surface area (Å²) in [5.41, 5.74) is 5.61. The average molecular weight is 292 g/mol. The highest BCUT2D eigenvalue weighted by Gasteiger charge is 2.34. The number of methoxy groups -OCH3 is 2. The van der Waals surface area contributed by atoms with Gasteiger partial charge in [-0.25, -0.2) is 0 Å². The molecule has 2 N–H and O–H groups in total. The van der Waals surface area contributed by atoms with Crippen molar-refractivity contribution in [1.82, 2.24) is 0 Å². The number of ether oxygens (including phenoxy) is 2. The Morgan fingerprint density at radius 3 is 2.00 bits per heavy atom. The van der Waals surface area contributed by atoms with Crippen LogP contribution in [0.4, 0.5) is 0 Å². The fourth-order valence-electron chi connectivity index (χ4n) is 2.46. The van der Waals surface area contributed by atoms with Gasteiger partial charge < -0.3 is 15.2 Å². The summed E-state index contributed by atoms with van der Waals surface area (Å²) in [5, 5.41) is -0.765. The second-order valence-electron chi connectivity index (χ2n) is 5.22. The summed E-state index contributed by atoms with van der Waals surface area (Å²) in [6, 6.07) is 0. The minimum Gasteiger partial charge on any atom is -0.345 e. The Morgan fingerprint density at radius 2 is 1.47 bits per heavy atom. The molecule has 0 saturated carbocycles. The van der Waals surface area contributed by atoms with Gasteiger partial charge in [0.1, 0.15) is 0 Å². The summed E-state index contributed by atoms with van der Waals surface area (Å²) < 4.78 is 10.9.